The van der Waals surface area contributed by atoms with Crippen LogP contribution < -0.4 is 5.73 Å². The van der Waals surface area contributed by atoms with Crippen molar-refractivity contribution in [2.45, 2.75) is 30.0 Å². The Labute approximate surface area is 160 Å². The second-order valence-electron chi connectivity index (χ2n) is 6.44. The highest BCUT2D eigenvalue weighted by atomic mass is 35.5. The van der Waals surface area contributed by atoms with E-state index in [2.05, 4.69) is 43.3 Å². The fourth-order valence-corrected chi connectivity index (χ4v) is 4.06. The summed E-state index contributed by atoms with van der Waals surface area (Å²) in [5.74, 6) is 1.47. The molecule has 0 aromatic heterocycles. The third kappa shape index (κ3) is 5.00. The fraction of sp³-hybridized carbons (Fsp3) is 0.350. The summed E-state index contributed by atoms with van der Waals surface area (Å²) >= 11 is 1.81. The maximum atomic E-state index is 12.7. The normalized spacial score (nSPS) is 19.5. The summed E-state index contributed by atoms with van der Waals surface area (Å²) in [6.45, 7) is 3.55. The van der Waals surface area contributed by atoms with Crippen LogP contribution >= 0.6 is 24.2 Å². The number of nitrogens with zero attached hydrogens (tertiary/aromatic N) is 1. The first-order valence-corrected chi connectivity index (χ1v) is 9.43. The lowest BCUT2D eigenvalue weighted by Crippen LogP contribution is -2.34. The van der Waals surface area contributed by atoms with Gasteiger partial charge in [-0.2, -0.15) is 0 Å². The lowest BCUT2D eigenvalue weighted by atomic mass is 10.1. The SMILES string of the molecule is CC1CC(CN)CN1C(=O)c1ccc(CSc2ccccc2)cc1.Cl. The minimum Gasteiger partial charge on any atom is -0.336 e. The molecule has 2 atom stereocenters. The molecule has 1 aliphatic rings. The number of benzene rings is 2. The summed E-state index contributed by atoms with van der Waals surface area (Å²) in [5.41, 5.74) is 7.76. The van der Waals surface area contributed by atoms with Gasteiger partial charge in [0.15, 0.2) is 0 Å². The number of likely N-dealkylation sites (tertiary alicyclic amines) is 1. The number of thioether (sulfide) groups is 1. The van der Waals surface area contributed by atoms with Gasteiger partial charge >= 0.3 is 0 Å². The van der Waals surface area contributed by atoms with Crippen molar-refractivity contribution in [3.63, 3.8) is 0 Å². The molecule has 0 saturated carbocycles. The van der Waals surface area contributed by atoms with E-state index in [-0.39, 0.29) is 24.4 Å². The molecule has 1 aliphatic heterocycles. The van der Waals surface area contributed by atoms with Gasteiger partial charge in [0.05, 0.1) is 0 Å². The minimum atomic E-state index is 0. The summed E-state index contributed by atoms with van der Waals surface area (Å²) in [5, 5.41) is 0. The number of carbonyl (C=O) groups is 1. The van der Waals surface area contributed by atoms with Crippen LogP contribution in [0.3, 0.4) is 0 Å². The van der Waals surface area contributed by atoms with Crippen molar-refractivity contribution in [3.05, 3.63) is 65.7 Å². The van der Waals surface area contributed by atoms with Crippen LogP contribution in [0.4, 0.5) is 0 Å². The molecule has 0 radical (unpaired) electrons. The van der Waals surface area contributed by atoms with Gasteiger partial charge in [-0.3, -0.25) is 4.79 Å². The Hall–Kier alpha value is -1.49. The van der Waals surface area contributed by atoms with E-state index in [4.69, 9.17) is 5.73 Å². The quantitative estimate of drug-likeness (QED) is 0.795. The highest BCUT2D eigenvalue weighted by Crippen LogP contribution is 2.25. The number of rotatable bonds is 5. The molecule has 0 aliphatic carbocycles. The number of amides is 1. The van der Waals surface area contributed by atoms with Gasteiger partial charge in [-0.25, -0.2) is 0 Å². The summed E-state index contributed by atoms with van der Waals surface area (Å²) in [6.07, 6.45) is 1.01. The first-order chi connectivity index (χ1) is 11.7. The second-order valence-corrected chi connectivity index (χ2v) is 7.49. The van der Waals surface area contributed by atoms with E-state index < -0.39 is 0 Å². The Balaban J connectivity index is 0.00000225. The molecule has 2 N–H and O–H groups in total. The maximum absolute atomic E-state index is 12.7. The van der Waals surface area contributed by atoms with Crippen LogP contribution in [0.1, 0.15) is 29.3 Å². The molecule has 1 fully saturated rings. The molecule has 0 bridgehead atoms. The van der Waals surface area contributed by atoms with Crippen molar-refractivity contribution in [1.82, 2.24) is 4.90 Å². The Morgan fingerprint density at radius 3 is 2.44 bits per heavy atom. The van der Waals surface area contributed by atoms with E-state index in [1.54, 1.807) is 0 Å². The molecule has 3 rings (SSSR count). The van der Waals surface area contributed by atoms with Gasteiger partial charge < -0.3 is 10.6 Å². The van der Waals surface area contributed by atoms with E-state index in [0.29, 0.717) is 12.5 Å². The zero-order valence-electron chi connectivity index (χ0n) is 14.4. The Morgan fingerprint density at radius 1 is 1.16 bits per heavy atom. The predicted octanol–water partition coefficient (Wildman–Crippen LogP) is 4.21. The summed E-state index contributed by atoms with van der Waals surface area (Å²) in [6, 6.07) is 18.7. The highest BCUT2D eigenvalue weighted by molar-refractivity contribution is 7.98. The first-order valence-electron chi connectivity index (χ1n) is 8.45. The van der Waals surface area contributed by atoms with Gasteiger partial charge in [0.25, 0.3) is 5.91 Å². The summed E-state index contributed by atoms with van der Waals surface area (Å²) < 4.78 is 0. The number of hydrogen-bond acceptors (Lipinski definition) is 3. The average Bonchev–Trinajstić information content (AvgIpc) is 3.01. The molecule has 134 valence electrons. The maximum Gasteiger partial charge on any atom is 0.254 e. The zero-order valence-corrected chi connectivity index (χ0v) is 16.1. The Kier molecular flexibility index (Phi) is 7.36. The molecule has 1 saturated heterocycles. The number of carbonyl (C=O) groups excluding carboxylic acids is 1. The van der Waals surface area contributed by atoms with Crippen LogP contribution in [-0.4, -0.2) is 29.9 Å². The molecule has 5 heteroatoms. The van der Waals surface area contributed by atoms with Gasteiger partial charge in [-0.05, 0) is 55.6 Å². The molecule has 2 unspecified atom stereocenters. The van der Waals surface area contributed by atoms with E-state index in [0.717, 1.165) is 24.3 Å². The molecular weight excluding hydrogens is 352 g/mol. The van der Waals surface area contributed by atoms with Gasteiger partial charge in [0.1, 0.15) is 0 Å². The smallest absolute Gasteiger partial charge is 0.254 e. The molecule has 25 heavy (non-hydrogen) atoms. The monoisotopic (exact) mass is 376 g/mol. The summed E-state index contributed by atoms with van der Waals surface area (Å²) in [4.78, 5) is 15.9. The van der Waals surface area contributed by atoms with E-state index in [1.807, 2.05) is 34.9 Å². The van der Waals surface area contributed by atoms with Crippen LogP contribution in [-0.2, 0) is 5.75 Å². The largest absolute Gasteiger partial charge is 0.336 e. The zero-order chi connectivity index (χ0) is 16.9. The number of hydrogen-bond donors (Lipinski definition) is 1. The standard InChI is InChI=1S/C20H24N2OS.ClH/c1-15-11-17(12-21)13-22(15)20(23)18-9-7-16(8-10-18)14-24-19-5-3-2-4-6-19;/h2-10,15,17H,11-14,21H2,1H3;1H. The molecule has 1 heterocycles. The van der Waals surface area contributed by atoms with Gasteiger partial charge in [0.2, 0.25) is 0 Å². The van der Waals surface area contributed by atoms with Crippen LogP contribution in [0, 0.1) is 5.92 Å². The van der Waals surface area contributed by atoms with Crippen LogP contribution in [0.15, 0.2) is 59.5 Å². The number of halogens is 1. The van der Waals surface area contributed by atoms with Crippen molar-refractivity contribution >= 4 is 30.1 Å². The van der Waals surface area contributed by atoms with E-state index in [9.17, 15) is 4.79 Å². The van der Waals surface area contributed by atoms with Crippen molar-refractivity contribution in [1.29, 1.82) is 0 Å². The number of nitrogens with two attached hydrogens (primary N) is 1. The molecule has 2 aromatic rings. The fourth-order valence-electron chi connectivity index (χ4n) is 3.19. The Bertz CT molecular complexity index is 678. The molecule has 0 spiro atoms. The van der Waals surface area contributed by atoms with Crippen molar-refractivity contribution in [2.75, 3.05) is 13.1 Å². The van der Waals surface area contributed by atoms with Gasteiger partial charge in [0, 0.05) is 28.8 Å². The van der Waals surface area contributed by atoms with Crippen molar-refractivity contribution < 1.29 is 4.79 Å². The average molecular weight is 377 g/mol. The van der Waals surface area contributed by atoms with Crippen molar-refractivity contribution in [3.8, 4) is 0 Å². The molecule has 1 amide bonds. The first kappa shape index (κ1) is 19.8. The minimum absolute atomic E-state index is 0. The van der Waals surface area contributed by atoms with Gasteiger partial charge in [-0.15, -0.1) is 24.2 Å². The molecular formula is C20H25ClN2OS. The Morgan fingerprint density at radius 2 is 1.84 bits per heavy atom. The van der Waals surface area contributed by atoms with Gasteiger partial charge in [-0.1, -0.05) is 30.3 Å². The van der Waals surface area contributed by atoms with E-state index >= 15 is 0 Å². The lowest BCUT2D eigenvalue weighted by Gasteiger charge is -2.21. The van der Waals surface area contributed by atoms with Crippen LogP contribution in [0.5, 0.6) is 0 Å². The third-order valence-corrected chi connectivity index (χ3v) is 5.69. The van der Waals surface area contributed by atoms with Crippen LogP contribution in [0.25, 0.3) is 0 Å². The second kappa shape index (κ2) is 9.27. The predicted molar refractivity (Wildman–Crippen MR) is 107 cm³/mol. The highest BCUT2D eigenvalue weighted by Gasteiger charge is 2.31. The molecule has 2 aromatic carbocycles. The van der Waals surface area contributed by atoms with Crippen LogP contribution in [0.2, 0.25) is 0 Å². The van der Waals surface area contributed by atoms with E-state index in [1.165, 1.54) is 10.5 Å². The lowest BCUT2D eigenvalue weighted by molar-refractivity contribution is 0.0743. The molecule has 3 nitrogen and oxygen atoms in total. The summed E-state index contributed by atoms with van der Waals surface area (Å²) in [7, 11) is 0. The topological polar surface area (TPSA) is 46.3 Å². The third-order valence-electron chi connectivity index (χ3n) is 4.61. The van der Waals surface area contributed by atoms with Crippen molar-refractivity contribution in [2.24, 2.45) is 11.7 Å².